The van der Waals surface area contributed by atoms with E-state index in [9.17, 15) is 4.79 Å². The zero-order valence-corrected chi connectivity index (χ0v) is 14.9. The lowest BCUT2D eigenvalue weighted by atomic mass is 10.2. The van der Waals surface area contributed by atoms with E-state index in [2.05, 4.69) is 20.4 Å². The largest absolute Gasteiger partial charge is 0.495 e. The maximum Gasteiger partial charge on any atom is 0.274 e. The maximum atomic E-state index is 12.7. The second-order valence-corrected chi connectivity index (χ2v) is 6.67. The number of aromatic nitrogens is 2. The van der Waals surface area contributed by atoms with Gasteiger partial charge in [0.25, 0.3) is 5.91 Å². The van der Waals surface area contributed by atoms with Crippen LogP contribution in [0.3, 0.4) is 0 Å². The summed E-state index contributed by atoms with van der Waals surface area (Å²) < 4.78 is 5.44. The Morgan fingerprint density at radius 3 is 2.50 bits per heavy atom. The topological polar surface area (TPSA) is 70.6 Å². The molecule has 7 heteroatoms. The van der Waals surface area contributed by atoms with Crippen molar-refractivity contribution in [3.63, 3.8) is 0 Å². The molecule has 1 amide bonds. The van der Waals surface area contributed by atoms with Crippen LogP contribution in [0.2, 0.25) is 0 Å². The Balaban J connectivity index is 1.37. The van der Waals surface area contributed by atoms with Crippen molar-refractivity contribution in [2.75, 3.05) is 43.5 Å². The SMILES string of the molecule is COc1ccccc1N1CCN(C(=O)c2ccc(NC3CC3)nn2)CC1. The Labute approximate surface area is 153 Å². The Hall–Kier alpha value is -2.83. The summed E-state index contributed by atoms with van der Waals surface area (Å²) in [6.45, 7) is 2.84. The van der Waals surface area contributed by atoms with Crippen LogP contribution in [0.25, 0.3) is 0 Å². The summed E-state index contributed by atoms with van der Waals surface area (Å²) in [4.78, 5) is 16.8. The minimum Gasteiger partial charge on any atom is -0.495 e. The summed E-state index contributed by atoms with van der Waals surface area (Å²) in [6.07, 6.45) is 2.36. The van der Waals surface area contributed by atoms with Gasteiger partial charge in [-0.2, -0.15) is 0 Å². The molecule has 1 aromatic carbocycles. The minimum atomic E-state index is -0.0600. The Morgan fingerprint density at radius 1 is 1.08 bits per heavy atom. The molecule has 1 aliphatic carbocycles. The molecule has 1 aromatic heterocycles. The molecule has 4 rings (SSSR count). The fraction of sp³-hybridized carbons (Fsp3) is 0.421. The highest BCUT2D eigenvalue weighted by Crippen LogP contribution is 2.28. The maximum absolute atomic E-state index is 12.7. The molecule has 1 saturated heterocycles. The van der Waals surface area contributed by atoms with Crippen LogP contribution in [0.5, 0.6) is 5.75 Å². The molecule has 0 bridgehead atoms. The summed E-state index contributed by atoms with van der Waals surface area (Å²) in [5, 5.41) is 11.5. The summed E-state index contributed by atoms with van der Waals surface area (Å²) in [6, 6.07) is 12.1. The highest BCUT2D eigenvalue weighted by Gasteiger charge is 2.25. The number of benzene rings is 1. The van der Waals surface area contributed by atoms with Gasteiger partial charge in [-0.3, -0.25) is 4.79 Å². The zero-order valence-electron chi connectivity index (χ0n) is 14.9. The molecule has 0 unspecified atom stereocenters. The molecule has 0 radical (unpaired) electrons. The first-order valence-electron chi connectivity index (χ1n) is 9.02. The van der Waals surface area contributed by atoms with Crippen LogP contribution in [0.15, 0.2) is 36.4 Å². The van der Waals surface area contributed by atoms with E-state index in [1.807, 2.05) is 35.2 Å². The van der Waals surface area contributed by atoms with Gasteiger partial charge in [-0.05, 0) is 37.1 Å². The van der Waals surface area contributed by atoms with Crippen molar-refractivity contribution < 1.29 is 9.53 Å². The van der Waals surface area contributed by atoms with Crippen LogP contribution in [-0.2, 0) is 0 Å². The summed E-state index contributed by atoms with van der Waals surface area (Å²) in [5.41, 5.74) is 1.47. The predicted octanol–water partition coefficient (Wildman–Crippen LogP) is 2.02. The molecular formula is C19H23N5O2. The van der Waals surface area contributed by atoms with E-state index in [0.717, 1.165) is 30.3 Å². The molecule has 26 heavy (non-hydrogen) atoms. The summed E-state index contributed by atoms with van der Waals surface area (Å²) in [7, 11) is 1.68. The van der Waals surface area contributed by atoms with E-state index < -0.39 is 0 Å². The molecule has 0 atom stereocenters. The van der Waals surface area contributed by atoms with Gasteiger partial charge in [0, 0.05) is 32.2 Å². The van der Waals surface area contributed by atoms with Gasteiger partial charge >= 0.3 is 0 Å². The van der Waals surface area contributed by atoms with Gasteiger partial charge in [-0.25, -0.2) is 0 Å². The highest BCUT2D eigenvalue weighted by atomic mass is 16.5. The number of methoxy groups -OCH3 is 1. The first-order valence-corrected chi connectivity index (χ1v) is 9.02. The highest BCUT2D eigenvalue weighted by molar-refractivity contribution is 5.92. The lowest BCUT2D eigenvalue weighted by Crippen LogP contribution is -2.49. The van der Waals surface area contributed by atoms with Crippen LogP contribution in [-0.4, -0.2) is 60.3 Å². The van der Waals surface area contributed by atoms with Crippen molar-refractivity contribution in [1.82, 2.24) is 15.1 Å². The van der Waals surface area contributed by atoms with Gasteiger partial charge in [0.1, 0.15) is 11.6 Å². The Bertz CT molecular complexity index is 768. The van der Waals surface area contributed by atoms with Crippen molar-refractivity contribution >= 4 is 17.4 Å². The second-order valence-electron chi connectivity index (χ2n) is 6.67. The molecular weight excluding hydrogens is 330 g/mol. The fourth-order valence-electron chi connectivity index (χ4n) is 3.16. The van der Waals surface area contributed by atoms with E-state index in [4.69, 9.17) is 4.74 Å². The summed E-state index contributed by atoms with van der Waals surface area (Å²) in [5.74, 6) is 1.54. The normalized spacial score (nSPS) is 17.1. The Morgan fingerprint density at radius 2 is 1.85 bits per heavy atom. The number of amides is 1. The van der Waals surface area contributed by atoms with Gasteiger partial charge in [0.15, 0.2) is 5.69 Å². The number of carbonyl (C=O) groups is 1. The molecule has 2 aromatic rings. The molecule has 2 aliphatic rings. The minimum absolute atomic E-state index is 0.0600. The smallest absolute Gasteiger partial charge is 0.274 e. The van der Waals surface area contributed by atoms with Gasteiger partial charge in [0.05, 0.1) is 12.8 Å². The molecule has 1 N–H and O–H groups in total. The number of carbonyl (C=O) groups excluding carboxylic acids is 1. The van der Waals surface area contributed by atoms with Crippen molar-refractivity contribution in [1.29, 1.82) is 0 Å². The van der Waals surface area contributed by atoms with Crippen LogP contribution < -0.4 is 15.0 Å². The molecule has 136 valence electrons. The molecule has 0 spiro atoms. The van der Waals surface area contributed by atoms with E-state index in [1.54, 1.807) is 13.2 Å². The van der Waals surface area contributed by atoms with Gasteiger partial charge in [-0.15, -0.1) is 10.2 Å². The molecule has 2 fully saturated rings. The predicted molar refractivity (Wildman–Crippen MR) is 99.8 cm³/mol. The van der Waals surface area contributed by atoms with Gasteiger partial charge in [0.2, 0.25) is 0 Å². The number of hydrogen-bond acceptors (Lipinski definition) is 6. The third kappa shape index (κ3) is 3.56. The average molecular weight is 353 g/mol. The number of rotatable bonds is 5. The summed E-state index contributed by atoms with van der Waals surface area (Å²) >= 11 is 0. The Kier molecular flexibility index (Phi) is 4.60. The van der Waals surface area contributed by atoms with E-state index in [1.165, 1.54) is 12.8 Å². The zero-order chi connectivity index (χ0) is 17.9. The third-order valence-corrected chi connectivity index (χ3v) is 4.81. The van der Waals surface area contributed by atoms with Crippen molar-refractivity contribution in [2.45, 2.75) is 18.9 Å². The van der Waals surface area contributed by atoms with E-state index in [-0.39, 0.29) is 5.91 Å². The van der Waals surface area contributed by atoms with Gasteiger partial charge in [-0.1, -0.05) is 12.1 Å². The average Bonchev–Trinajstić information content (AvgIpc) is 3.52. The van der Waals surface area contributed by atoms with Crippen LogP contribution >= 0.6 is 0 Å². The van der Waals surface area contributed by atoms with Gasteiger partial charge < -0.3 is 19.9 Å². The lowest BCUT2D eigenvalue weighted by Gasteiger charge is -2.36. The molecule has 7 nitrogen and oxygen atoms in total. The first-order chi connectivity index (χ1) is 12.7. The van der Waals surface area contributed by atoms with E-state index >= 15 is 0 Å². The number of nitrogens with zero attached hydrogens (tertiary/aromatic N) is 4. The van der Waals surface area contributed by atoms with Crippen molar-refractivity contribution in [3.05, 3.63) is 42.1 Å². The number of ether oxygens (including phenoxy) is 1. The monoisotopic (exact) mass is 353 g/mol. The third-order valence-electron chi connectivity index (χ3n) is 4.81. The van der Waals surface area contributed by atoms with Crippen molar-refractivity contribution in [2.24, 2.45) is 0 Å². The van der Waals surface area contributed by atoms with Crippen molar-refractivity contribution in [3.8, 4) is 5.75 Å². The van der Waals surface area contributed by atoms with E-state index in [0.29, 0.717) is 24.8 Å². The number of para-hydroxylation sites is 2. The number of piperazine rings is 1. The van der Waals surface area contributed by atoms with Crippen LogP contribution in [0.1, 0.15) is 23.3 Å². The number of anilines is 2. The first kappa shape index (κ1) is 16.6. The van der Waals surface area contributed by atoms with Crippen LogP contribution in [0.4, 0.5) is 11.5 Å². The lowest BCUT2D eigenvalue weighted by molar-refractivity contribution is 0.0739. The molecule has 2 heterocycles. The number of nitrogens with one attached hydrogen (secondary N) is 1. The standard InChI is InChI=1S/C19H23N5O2/c1-26-17-5-3-2-4-16(17)23-10-12-24(13-11-23)19(25)15-8-9-18(22-21-15)20-14-6-7-14/h2-5,8-9,14H,6-7,10-13H2,1H3,(H,20,22). The van der Waals surface area contributed by atoms with Crippen LogP contribution in [0, 0.1) is 0 Å². The molecule has 1 saturated carbocycles. The molecule has 1 aliphatic heterocycles. The second kappa shape index (κ2) is 7.19. The quantitative estimate of drug-likeness (QED) is 0.887. The number of hydrogen-bond donors (Lipinski definition) is 1. The fourth-order valence-corrected chi connectivity index (χ4v) is 3.16.